The van der Waals surface area contributed by atoms with Crippen molar-refractivity contribution in [2.24, 2.45) is 17.8 Å². The molecule has 0 aromatic rings. The maximum Gasteiger partial charge on any atom is 0.0496 e. The van der Waals surface area contributed by atoms with Crippen molar-refractivity contribution in [2.45, 2.75) is 25.7 Å². The number of hydrogen-bond acceptors (Lipinski definition) is 2. The van der Waals surface area contributed by atoms with Crippen LogP contribution in [0.2, 0.25) is 0 Å². The van der Waals surface area contributed by atoms with Crippen LogP contribution in [-0.2, 0) is 4.74 Å². The van der Waals surface area contributed by atoms with Gasteiger partial charge in [0.05, 0.1) is 0 Å². The minimum atomic E-state index is 0.393. The fourth-order valence-corrected chi connectivity index (χ4v) is 2.63. The number of fused-ring (bicyclic) bond motifs is 1. The highest BCUT2D eigenvalue weighted by atomic mass is 16.5. The van der Waals surface area contributed by atoms with Crippen LogP contribution in [0.4, 0.5) is 0 Å². The molecule has 2 fully saturated rings. The van der Waals surface area contributed by atoms with Crippen molar-refractivity contribution in [3.63, 3.8) is 0 Å². The topological polar surface area (TPSA) is 29.5 Å². The summed E-state index contributed by atoms with van der Waals surface area (Å²) in [5.41, 5.74) is 0. The van der Waals surface area contributed by atoms with Gasteiger partial charge in [-0.25, -0.2) is 0 Å². The molecule has 1 aliphatic carbocycles. The van der Waals surface area contributed by atoms with Crippen LogP contribution in [0.1, 0.15) is 25.7 Å². The van der Waals surface area contributed by atoms with Gasteiger partial charge in [-0.2, -0.15) is 0 Å². The molecule has 1 heterocycles. The molecule has 3 atom stereocenters. The first kappa shape index (κ1) is 8.52. The summed E-state index contributed by atoms with van der Waals surface area (Å²) < 4.78 is 5.45. The lowest BCUT2D eigenvalue weighted by atomic mass is 9.72. The van der Waals surface area contributed by atoms with Gasteiger partial charge in [0.25, 0.3) is 0 Å². The monoisotopic (exact) mass is 170 g/mol. The van der Waals surface area contributed by atoms with Crippen molar-refractivity contribution in [3.05, 3.63) is 0 Å². The van der Waals surface area contributed by atoms with Crippen molar-refractivity contribution in [1.29, 1.82) is 0 Å². The molecule has 0 radical (unpaired) electrons. The predicted molar refractivity (Wildman–Crippen MR) is 46.8 cm³/mol. The van der Waals surface area contributed by atoms with E-state index < -0.39 is 0 Å². The van der Waals surface area contributed by atoms with Crippen molar-refractivity contribution in [1.82, 2.24) is 0 Å². The summed E-state index contributed by atoms with van der Waals surface area (Å²) in [4.78, 5) is 0. The Morgan fingerprint density at radius 3 is 2.92 bits per heavy atom. The Morgan fingerprint density at radius 2 is 2.08 bits per heavy atom. The highest BCUT2D eigenvalue weighted by Gasteiger charge is 2.32. The van der Waals surface area contributed by atoms with E-state index in [2.05, 4.69) is 0 Å². The van der Waals surface area contributed by atoms with Crippen molar-refractivity contribution in [2.75, 3.05) is 19.8 Å². The van der Waals surface area contributed by atoms with Gasteiger partial charge >= 0.3 is 0 Å². The summed E-state index contributed by atoms with van der Waals surface area (Å²) in [6.07, 6.45) is 4.95. The highest BCUT2D eigenvalue weighted by molar-refractivity contribution is 4.81. The highest BCUT2D eigenvalue weighted by Crippen LogP contribution is 2.37. The third-order valence-corrected chi connectivity index (χ3v) is 3.47. The number of hydrogen-bond donors (Lipinski definition) is 1. The fraction of sp³-hybridized carbons (Fsp3) is 1.00. The molecule has 1 saturated heterocycles. The molecule has 0 spiro atoms. The van der Waals surface area contributed by atoms with Crippen LogP contribution in [0, 0.1) is 17.8 Å². The molecule has 2 heteroatoms. The van der Waals surface area contributed by atoms with Gasteiger partial charge in [0.2, 0.25) is 0 Å². The molecule has 1 aliphatic heterocycles. The van der Waals surface area contributed by atoms with Crippen LogP contribution in [0.3, 0.4) is 0 Å². The van der Waals surface area contributed by atoms with Crippen LogP contribution in [0.15, 0.2) is 0 Å². The van der Waals surface area contributed by atoms with Gasteiger partial charge in [0, 0.05) is 19.8 Å². The van der Waals surface area contributed by atoms with E-state index in [1.54, 1.807) is 0 Å². The van der Waals surface area contributed by atoms with Gasteiger partial charge in [0.15, 0.2) is 0 Å². The molecule has 70 valence electrons. The Kier molecular flexibility index (Phi) is 2.66. The maximum absolute atomic E-state index is 9.05. The second kappa shape index (κ2) is 3.75. The Balaban J connectivity index is 1.90. The van der Waals surface area contributed by atoms with Crippen molar-refractivity contribution in [3.8, 4) is 0 Å². The molecule has 0 aromatic carbocycles. The molecule has 2 aliphatic rings. The summed E-state index contributed by atoms with van der Waals surface area (Å²) in [5.74, 6) is 2.25. The molecular weight excluding hydrogens is 152 g/mol. The summed E-state index contributed by atoms with van der Waals surface area (Å²) in [7, 11) is 0. The average molecular weight is 170 g/mol. The standard InChI is InChI=1S/C10H18O2/c11-6-8-1-2-10-7-12-4-3-9(10)5-8/h8-11H,1-7H2. The summed E-state index contributed by atoms with van der Waals surface area (Å²) in [6, 6.07) is 0. The van der Waals surface area contributed by atoms with E-state index in [9.17, 15) is 0 Å². The molecular formula is C10H18O2. The number of ether oxygens (including phenoxy) is 1. The quantitative estimate of drug-likeness (QED) is 0.645. The number of rotatable bonds is 1. The molecule has 1 N–H and O–H groups in total. The van der Waals surface area contributed by atoms with Crippen molar-refractivity contribution < 1.29 is 9.84 Å². The molecule has 2 rings (SSSR count). The van der Waals surface area contributed by atoms with E-state index in [0.29, 0.717) is 12.5 Å². The van der Waals surface area contributed by atoms with E-state index in [1.807, 2.05) is 0 Å². The largest absolute Gasteiger partial charge is 0.396 e. The van der Waals surface area contributed by atoms with Gasteiger partial charge in [0.1, 0.15) is 0 Å². The summed E-state index contributed by atoms with van der Waals surface area (Å²) in [6.45, 7) is 2.31. The zero-order valence-electron chi connectivity index (χ0n) is 7.54. The van der Waals surface area contributed by atoms with Gasteiger partial charge in [-0.3, -0.25) is 0 Å². The molecule has 0 bridgehead atoms. The zero-order chi connectivity index (χ0) is 8.39. The number of aliphatic hydroxyl groups excluding tert-OH is 1. The minimum Gasteiger partial charge on any atom is -0.396 e. The Hall–Kier alpha value is -0.0800. The Bertz CT molecular complexity index is 147. The normalized spacial score (nSPS) is 42.2. The summed E-state index contributed by atoms with van der Waals surface area (Å²) in [5, 5.41) is 9.05. The Labute approximate surface area is 73.9 Å². The third kappa shape index (κ3) is 1.64. The molecule has 1 saturated carbocycles. The number of aliphatic hydroxyl groups is 1. The van der Waals surface area contributed by atoms with Gasteiger partial charge in [-0.15, -0.1) is 0 Å². The second-order valence-electron chi connectivity index (χ2n) is 4.25. The summed E-state index contributed by atoms with van der Waals surface area (Å²) >= 11 is 0. The first-order valence-electron chi connectivity index (χ1n) is 5.08. The zero-order valence-corrected chi connectivity index (χ0v) is 7.54. The minimum absolute atomic E-state index is 0.393. The van der Waals surface area contributed by atoms with E-state index in [-0.39, 0.29) is 0 Å². The van der Waals surface area contributed by atoms with E-state index in [1.165, 1.54) is 25.7 Å². The maximum atomic E-state index is 9.05. The van der Waals surface area contributed by atoms with Gasteiger partial charge < -0.3 is 9.84 Å². The first-order valence-corrected chi connectivity index (χ1v) is 5.08. The van der Waals surface area contributed by atoms with E-state index in [4.69, 9.17) is 9.84 Å². The lowest BCUT2D eigenvalue weighted by Crippen LogP contribution is -2.34. The second-order valence-corrected chi connectivity index (χ2v) is 4.25. The first-order chi connectivity index (χ1) is 5.90. The predicted octanol–water partition coefficient (Wildman–Crippen LogP) is 1.43. The molecule has 12 heavy (non-hydrogen) atoms. The van der Waals surface area contributed by atoms with Crippen LogP contribution in [0.5, 0.6) is 0 Å². The van der Waals surface area contributed by atoms with E-state index in [0.717, 1.165) is 25.0 Å². The SMILES string of the molecule is OCC1CCC2COCCC2C1. The van der Waals surface area contributed by atoms with Gasteiger partial charge in [-0.05, 0) is 43.4 Å². The lowest BCUT2D eigenvalue weighted by molar-refractivity contribution is -0.0193. The third-order valence-electron chi connectivity index (χ3n) is 3.47. The Morgan fingerprint density at radius 1 is 1.17 bits per heavy atom. The lowest BCUT2D eigenvalue weighted by Gasteiger charge is -2.38. The molecule has 3 unspecified atom stereocenters. The smallest absolute Gasteiger partial charge is 0.0496 e. The molecule has 0 amide bonds. The van der Waals surface area contributed by atoms with Crippen LogP contribution < -0.4 is 0 Å². The van der Waals surface area contributed by atoms with Crippen LogP contribution >= 0.6 is 0 Å². The molecule has 2 nitrogen and oxygen atoms in total. The van der Waals surface area contributed by atoms with Crippen LogP contribution in [-0.4, -0.2) is 24.9 Å². The average Bonchev–Trinajstić information content (AvgIpc) is 2.17. The van der Waals surface area contributed by atoms with Crippen LogP contribution in [0.25, 0.3) is 0 Å². The fourth-order valence-electron chi connectivity index (χ4n) is 2.63. The van der Waals surface area contributed by atoms with Gasteiger partial charge in [-0.1, -0.05) is 0 Å². The van der Waals surface area contributed by atoms with Crippen molar-refractivity contribution >= 4 is 0 Å². The van der Waals surface area contributed by atoms with E-state index >= 15 is 0 Å². The molecule has 0 aromatic heterocycles.